The van der Waals surface area contributed by atoms with Crippen LogP contribution in [0.4, 0.5) is 0 Å². The molecule has 1 saturated heterocycles. The Balaban J connectivity index is 1.49. The topological polar surface area (TPSA) is 76.4 Å². The first-order valence-corrected chi connectivity index (χ1v) is 7.81. The number of amides is 1. The average molecular weight is 315 g/mol. The molecule has 122 valence electrons. The summed E-state index contributed by atoms with van der Waals surface area (Å²) in [5, 5.41) is 6.13. The van der Waals surface area contributed by atoms with Gasteiger partial charge >= 0.3 is 0 Å². The highest BCUT2D eigenvalue weighted by atomic mass is 16.5. The predicted octanol–water partition coefficient (Wildman–Crippen LogP) is 1.62. The Labute approximate surface area is 135 Å². The molecule has 23 heavy (non-hydrogen) atoms. The highest BCUT2D eigenvalue weighted by Crippen LogP contribution is 2.23. The molecule has 0 aliphatic carbocycles. The maximum absolute atomic E-state index is 11.8. The van der Waals surface area contributed by atoms with Crippen molar-refractivity contribution < 1.29 is 13.9 Å². The molecular formula is C17H21N3O3. The standard InChI is InChI=1S/C17H21N3O3/c1-22-14-4-2-13(3-5-14)15-11-20-17(23-15)7-6-16(21)19-10-12-8-18-9-12/h2-5,11-12,18H,6-10H2,1H3,(H,19,21). The van der Waals surface area contributed by atoms with Crippen LogP contribution in [0.3, 0.4) is 0 Å². The molecular weight excluding hydrogens is 294 g/mol. The number of aromatic nitrogens is 1. The monoisotopic (exact) mass is 315 g/mol. The van der Waals surface area contributed by atoms with E-state index in [4.69, 9.17) is 9.15 Å². The van der Waals surface area contributed by atoms with Gasteiger partial charge in [0, 0.05) is 44.0 Å². The third kappa shape index (κ3) is 4.10. The SMILES string of the molecule is COc1ccc(-c2cnc(CCC(=O)NCC3CNC3)o2)cc1. The predicted molar refractivity (Wildman–Crippen MR) is 86.2 cm³/mol. The Hall–Kier alpha value is -2.34. The minimum absolute atomic E-state index is 0.0427. The smallest absolute Gasteiger partial charge is 0.220 e. The summed E-state index contributed by atoms with van der Waals surface area (Å²) in [7, 11) is 1.63. The molecule has 0 unspecified atom stereocenters. The van der Waals surface area contributed by atoms with Crippen LogP contribution in [-0.4, -0.2) is 37.6 Å². The van der Waals surface area contributed by atoms with Crippen LogP contribution in [0.15, 0.2) is 34.9 Å². The molecule has 0 bridgehead atoms. The van der Waals surface area contributed by atoms with E-state index in [9.17, 15) is 4.79 Å². The largest absolute Gasteiger partial charge is 0.497 e. The van der Waals surface area contributed by atoms with Gasteiger partial charge in [-0.1, -0.05) is 0 Å². The van der Waals surface area contributed by atoms with Crippen LogP contribution in [0.1, 0.15) is 12.3 Å². The molecule has 0 atom stereocenters. The van der Waals surface area contributed by atoms with Gasteiger partial charge in [-0.3, -0.25) is 4.79 Å². The van der Waals surface area contributed by atoms with Crippen molar-refractivity contribution in [1.29, 1.82) is 0 Å². The maximum Gasteiger partial charge on any atom is 0.220 e. The Morgan fingerprint density at radius 1 is 1.39 bits per heavy atom. The van der Waals surface area contributed by atoms with Crippen molar-refractivity contribution in [2.24, 2.45) is 5.92 Å². The van der Waals surface area contributed by atoms with Gasteiger partial charge in [-0.15, -0.1) is 0 Å². The molecule has 1 aromatic carbocycles. The molecule has 0 spiro atoms. The van der Waals surface area contributed by atoms with Crippen LogP contribution in [0.5, 0.6) is 5.75 Å². The molecule has 1 aromatic heterocycles. The normalized spacial score (nSPS) is 14.3. The minimum atomic E-state index is 0.0427. The lowest BCUT2D eigenvalue weighted by atomic mass is 10.0. The lowest BCUT2D eigenvalue weighted by molar-refractivity contribution is -0.121. The third-order valence-electron chi connectivity index (χ3n) is 3.95. The Bertz CT molecular complexity index is 647. The van der Waals surface area contributed by atoms with Crippen molar-refractivity contribution >= 4 is 5.91 Å². The second-order valence-corrected chi connectivity index (χ2v) is 5.68. The molecule has 1 aliphatic heterocycles. The number of hydrogen-bond donors (Lipinski definition) is 2. The lowest BCUT2D eigenvalue weighted by Crippen LogP contribution is -2.48. The van der Waals surface area contributed by atoms with Crippen LogP contribution >= 0.6 is 0 Å². The van der Waals surface area contributed by atoms with Gasteiger partial charge in [-0.25, -0.2) is 4.98 Å². The Morgan fingerprint density at radius 2 is 2.17 bits per heavy atom. The molecule has 1 aliphatic rings. The fraction of sp³-hybridized carbons (Fsp3) is 0.412. The van der Waals surface area contributed by atoms with Crippen LogP contribution in [0, 0.1) is 5.92 Å². The number of carbonyl (C=O) groups is 1. The summed E-state index contributed by atoms with van der Waals surface area (Å²) in [4.78, 5) is 16.0. The summed E-state index contributed by atoms with van der Waals surface area (Å²) in [6.45, 7) is 2.73. The van der Waals surface area contributed by atoms with Gasteiger partial charge in [-0.05, 0) is 24.3 Å². The van der Waals surface area contributed by atoms with Crippen LogP contribution in [-0.2, 0) is 11.2 Å². The minimum Gasteiger partial charge on any atom is -0.497 e. The molecule has 2 heterocycles. The van der Waals surface area contributed by atoms with Crippen LogP contribution < -0.4 is 15.4 Å². The van der Waals surface area contributed by atoms with E-state index in [1.807, 2.05) is 24.3 Å². The Kier molecular flexibility index (Phi) is 4.92. The van der Waals surface area contributed by atoms with E-state index in [1.165, 1.54) is 0 Å². The second kappa shape index (κ2) is 7.28. The van der Waals surface area contributed by atoms with E-state index in [2.05, 4.69) is 15.6 Å². The van der Waals surface area contributed by atoms with Crippen molar-refractivity contribution in [3.63, 3.8) is 0 Å². The first kappa shape index (κ1) is 15.6. The fourth-order valence-corrected chi connectivity index (χ4v) is 2.37. The zero-order valence-electron chi connectivity index (χ0n) is 13.2. The summed E-state index contributed by atoms with van der Waals surface area (Å²) in [6.07, 6.45) is 2.59. The molecule has 1 fully saturated rings. The lowest BCUT2D eigenvalue weighted by Gasteiger charge is -2.27. The maximum atomic E-state index is 11.8. The van der Waals surface area contributed by atoms with E-state index >= 15 is 0 Å². The molecule has 3 rings (SSSR count). The second-order valence-electron chi connectivity index (χ2n) is 5.68. The quantitative estimate of drug-likeness (QED) is 0.812. The van der Waals surface area contributed by atoms with Gasteiger partial charge in [0.15, 0.2) is 11.7 Å². The molecule has 2 N–H and O–H groups in total. The summed E-state index contributed by atoms with van der Waals surface area (Å²) >= 11 is 0. The van der Waals surface area contributed by atoms with Gasteiger partial charge in [-0.2, -0.15) is 0 Å². The number of oxazole rings is 1. The number of methoxy groups -OCH3 is 1. The van der Waals surface area contributed by atoms with Crippen molar-refractivity contribution in [1.82, 2.24) is 15.6 Å². The third-order valence-corrected chi connectivity index (χ3v) is 3.95. The van der Waals surface area contributed by atoms with Gasteiger partial charge in [0.1, 0.15) is 5.75 Å². The van der Waals surface area contributed by atoms with Crippen molar-refractivity contribution in [3.8, 4) is 17.1 Å². The Morgan fingerprint density at radius 3 is 2.83 bits per heavy atom. The van der Waals surface area contributed by atoms with Crippen molar-refractivity contribution in [2.75, 3.05) is 26.7 Å². The number of nitrogens with one attached hydrogen (secondary N) is 2. The number of rotatable bonds is 7. The summed E-state index contributed by atoms with van der Waals surface area (Å²) < 4.78 is 10.8. The van der Waals surface area contributed by atoms with E-state index in [0.29, 0.717) is 30.4 Å². The zero-order chi connectivity index (χ0) is 16.1. The highest BCUT2D eigenvalue weighted by Gasteiger charge is 2.17. The van der Waals surface area contributed by atoms with Crippen molar-refractivity contribution in [3.05, 3.63) is 36.4 Å². The molecule has 2 aromatic rings. The van der Waals surface area contributed by atoms with Gasteiger partial charge in [0.2, 0.25) is 5.91 Å². The van der Waals surface area contributed by atoms with Gasteiger partial charge < -0.3 is 19.8 Å². The first-order valence-electron chi connectivity index (χ1n) is 7.81. The summed E-state index contributed by atoms with van der Waals surface area (Å²) in [5.74, 6) is 2.69. The van der Waals surface area contributed by atoms with E-state index in [-0.39, 0.29) is 5.91 Å². The molecule has 6 nitrogen and oxygen atoms in total. The van der Waals surface area contributed by atoms with E-state index in [1.54, 1.807) is 13.3 Å². The fourth-order valence-electron chi connectivity index (χ4n) is 2.37. The summed E-state index contributed by atoms with van der Waals surface area (Å²) in [6, 6.07) is 7.59. The van der Waals surface area contributed by atoms with Crippen LogP contribution in [0.2, 0.25) is 0 Å². The molecule has 0 saturated carbocycles. The zero-order valence-corrected chi connectivity index (χ0v) is 13.2. The van der Waals surface area contributed by atoms with Crippen LogP contribution in [0.25, 0.3) is 11.3 Å². The van der Waals surface area contributed by atoms with Crippen molar-refractivity contribution in [2.45, 2.75) is 12.8 Å². The number of aryl methyl sites for hydroxylation is 1. The number of ether oxygens (including phenoxy) is 1. The first-order chi connectivity index (χ1) is 11.2. The highest BCUT2D eigenvalue weighted by molar-refractivity contribution is 5.76. The number of nitrogens with zero attached hydrogens (tertiary/aromatic N) is 1. The summed E-state index contributed by atoms with van der Waals surface area (Å²) in [5.41, 5.74) is 0.937. The van der Waals surface area contributed by atoms with E-state index < -0.39 is 0 Å². The number of carbonyl (C=O) groups excluding carboxylic acids is 1. The van der Waals surface area contributed by atoms with Gasteiger partial charge in [0.25, 0.3) is 0 Å². The number of hydrogen-bond acceptors (Lipinski definition) is 5. The molecule has 6 heteroatoms. The molecule has 1 amide bonds. The van der Waals surface area contributed by atoms with E-state index in [0.717, 1.165) is 30.9 Å². The molecule has 0 radical (unpaired) electrons. The average Bonchev–Trinajstić information content (AvgIpc) is 3.00. The van der Waals surface area contributed by atoms with Gasteiger partial charge in [0.05, 0.1) is 13.3 Å². The number of benzene rings is 1.